The van der Waals surface area contributed by atoms with Crippen LogP contribution in [0.3, 0.4) is 0 Å². The summed E-state index contributed by atoms with van der Waals surface area (Å²) < 4.78 is 32.7. The van der Waals surface area contributed by atoms with Crippen LogP contribution in [0.2, 0.25) is 10.0 Å². The van der Waals surface area contributed by atoms with Crippen molar-refractivity contribution in [1.82, 2.24) is 10.2 Å². The molecule has 248 valence electrons. The fourth-order valence-electron chi connectivity index (χ4n) is 5.88. The number of nitrogens with zero attached hydrogens (tertiary/aromatic N) is 2. The molecule has 0 radical (unpaired) electrons. The number of ether oxygens (including phenoxy) is 1. The number of benzene rings is 3. The van der Waals surface area contributed by atoms with E-state index in [2.05, 4.69) is 5.32 Å². The number of hydrogen-bond donors (Lipinski definition) is 1. The standard InChI is InChI=1S/C35H43Cl2N3O5S/c1-3-45-33-21-11-10-20-31(33)40(46(2,43)44)23-13-22-34(41)39(25-28-29(36)18-12-19-30(28)37)32(24-26-14-6-4-7-15-26)35(42)38-27-16-8-5-9-17-27/h4,6-7,10-12,14-15,18-21,27,32H,3,5,8-9,13,16-17,22-25H2,1-2H3,(H,38,42)/t32-/m1/s1. The first-order valence-corrected chi connectivity index (χ1v) is 18.4. The second kappa shape index (κ2) is 17.0. The van der Waals surface area contributed by atoms with Crippen molar-refractivity contribution in [2.45, 2.75) is 76.9 Å². The summed E-state index contributed by atoms with van der Waals surface area (Å²) in [4.78, 5) is 29.8. The minimum Gasteiger partial charge on any atom is -0.492 e. The Balaban J connectivity index is 1.63. The molecule has 3 aromatic rings. The highest BCUT2D eigenvalue weighted by Gasteiger charge is 2.33. The van der Waals surface area contributed by atoms with Crippen LogP contribution in [0.25, 0.3) is 0 Å². The molecular weight excluding hydrogens is 645 g/mol. The van der Waals surface area contributed by atoms with Gasteiger partial charge in [0.1, 0.15) is 11.8 Å². The third-order valence-electron chi connectivity index (χ3n) is 8.20. The van der Waals surface area contributed by atoms with Crippen LogP contribution in [-0.2, 0) is 32.6 Å². The van der Waals surface area contributed by atoms with E-state index in [1.807, 2.05) is 37.3 Å². The normalized spacial score (nSPS) is 14.3. The molecule has 0 spiro atoms. The van der Waals surface area contributed by atoms with Gasteiger partial charge in [-0.15, -0.1) is 0 Å². The summed E-state index contributed by atoms with van der Waals surface area (Å²) in [5, 5.41) is 4.01. The van der Waals surface area contributed by atoms with Gasteiger partial charge in [-0.2, -0.15) is 0 Å². The Labute approximate surface area is 283 Å². The average Bonchev–Trinajstić information content (AvgIpc) is 3.03. The van der Waals surface area contributed by atoms with Crippen LogP contribution in [0.1, 0.15) is 63.0 Å². The van der Waals surface area contributed by atoms with Crippen molar-refractivity contribution in [2.75, 3.05) is 23.7 Å². The molecule has 1 aliphatic rings. The summed E-state index contributed by atoms with van der Waals surface area (Å²) in [6, 6.07) is 20.9. The zero-order valence-corrected chi connectivity index (χ0v) is 28.8. The van der Waals surface area contributed by atoms with Crippen molar-refractivity contribution >= 4 is 50.7 Å². The topological polar surface area (TPSA) is 96.0 Å². The molecule has 46 heavy (non-hydrogen) atoms. The molecule has 0 saturated heterocycles. The van der Waals surface area contributed by atoms with E-state index >= 15 is 0 Å². The molecule has 0 bridgehead atoms. The van der Waals surface area contributed by atoms with Crippen LogP contribution in [-0.4, -0.2) is 56.6 Å². The van der Waals surface area contributed by atoms with Gasteiger partial charge in [0.25, 0.3) is 0 Å². The summed E-state index contributed by atoms with van der Waals surface area (Å²) in [6.45, 7) is 2.28. The summed E-state index contributed by atoms with van der Waals surface area (Å²) >= 11 is 13.1. The largest absolute Gasteiger partial charge is 0.492 e. The van der Waals surface area contributed by atoms with Gasteiger partial charge < -0.3 is 15.0 Å². The first-order chi connectivity index (χ1) is 22.1. The highest BCUT2D eigenvalue weighted by molar-refractivity contribution is 7.92. The van der Waals surface area contributed by atoms with Gasteiger partial charge in [-0.05, 0) is 56.0 Å². The molecule has 2 amide bonds. The van der Waals surface area contributed by atoms with Gasteiger partial charge in [0.15, 0.2) is 0 Å². The number of amides is 2. The van der Waals surface area contributed by atoms with Crippen molar-refractivity contribution in [2.24, 2.45) is 0 Å². The van der Waals surface area contributed by atoms with E-state index in [1.165, 1.54) is 4.31 Å². The van der Waals surface area contributed by atoms with Crippen LogP contribution < -0.4 is 14.4 Å². The molecular formula is C35H43Cl2N3O5S. The van der Waals surface area contributed by atoms with E-state index in [9.17, 15) is 18.0 Å². The van der Waals surface area contributed by atoms with Crippen LogP contribution in [0, 0.1) is 0 Å². The molecule has 0 aromatic heterocycles. The summed E-state index contributed by atoms with van der Waals surface area (Å²) in [5.74, 6) is -0.0861. The molecule has 4 rings (SSSR count). The van der Waals surface area contributed by atoms with E-state index in [4.69, 9.17) is 27.9 Å². The van der Waals surface area contributed by atoms with Gasteiger partial charge in [-0.3, -0.25) is 13.9 Å². The van der Waals surface area contributed by atoms with Gasteiger partial charge in [0.05, 0.1) is 18.6 Å². The van der Waals surface area contributed by atoms with Crippen molar-refractivity contribution < 1.29 is 22.7 Å². The Morgan fingerprint density at radius 1 is 0.935 bits per heavy atom. The lowest BCUT2D eigenvalue weighted by atomic mass is 9.94. The highest BCUT2D eigenvalue weighted by atomic mass is 35.5. The van der Waals surface area contributed by atoms with Crippen LogP contribution >= 0.6 is 23.2 Å². The van der Waals surface area contributed by atoms with E-state index < -0.39 is 16.1 Å². The van der Waals surface area contributed by atoms with E-state index in [-0.39, 0.29) is 43.8 Å². The third kappa shape index (κ3) is 9.86. The lowest BCUT2D eigenvalue weighted by Crippen LogP contribution is -2.53. The van der Waals surface area contributed by atoms with Crippen LogP contribution in [0.15, 0.2) is 72.8 Å². The lowest BCUT2D eigenvalue weighted by Gasteiger charge is -2.34. The minimum atomic E-state index is -3.69. The number of carbonyl (C=O) groups excluding carboxylic acids is 2. The smallest absolute Gasteiger partial charge is 0.243 e. The molecule has 1 atom stereocenters. The Morgan fingerprint density at radius 3 is 2.24 bits per heavy atom. The zero-order valence-electron chi connectivity index (χ0n) is 26.5. The number of carbonyl (C=O) groups is 2. The maximum absolute atomic E-state index is 14.2. The third-order valence-corrected chi connectivity index (χ3v) is 10.1. The number of nitrogens with one attached hydrogen (secondary N) is 1. The molecule has 3 aromatic carbocycles. The molecule has 1 N–H and O–H groups in total. The Bertz CT molecular complexity index is 1550. The predicted molar refractivity (Wildman–Crippen MR) is 185 cm³/mol. The molecule has 1 aliphatic carbocycles. The maximum atomic E-state index is 14.2. The fraction of sp³-hybridized carbons (Fsp3) is 0.429. The average molecular weight is 689 g/mol. The molecule has 1 saturated carbocycles. The van der Waals surface area contributed by atoms with Crippen molar-refractivity contribution in [3.05, 3.63) is 94.0 Å². The van der Waals surface area contributed by atoms with Gasteiger partial charge in [0.2, 0.25) is 21.8 Å². The Hall–Kier alpha value is -3.27. The minimum absolute atomic E-state index is 0.00705. The Morgan fingerprint density at radius 2 is 1.59 bits per heavy atom. The number of anilines is 1. The highest BCUT2D eigenvalue weighted by Crippen LogP contribution is 2.31. The van der Waals surface area contributed by atoms with Gasteiger partial charge in [-0.1, -0.05) is 91.0 Å². The first kappa shape index (κ1) is 35.6. The SMILES string of the molecule is CCOc1ccccc1N(CCCC(=O)N(Cc1c(Cl)cccc1Cl)[C@H](Cc1ccccc1)C(=O)NC1CCCCC1)S(C)(=O)=O. The Kier molecular flexibility index (Phi) is 13.2. The van der Waals surface area contributed by atoms with Crippen LogP contribution in [0.4, 0.5) is 5.69 Å². The molecule has 0 unspecified atom stereocenters. The molecule has 1 fully saturated rings. The second-order valence-electron chi connectivity index (χ2n) is 11.6. The lowest BCUT2D eigenvalue weighted by molar-refractivity contribution is -0.141. The van der Waals surface area contributed by atoms with Gasteiger partial charge >= 0.3 is 0 Å². The summed E-state index contributed by atoms with van der Waals surface area (Å²) in [5.41, 5.74) is 1.86. The number of halogens is 2. The van der Waals surface area contributed by atoms with Crippen molar-refractivity contribution in [3.8, 4) is 5.75 Å². The van der Waals surface area contributed by atoms with Gasteiger partial charge in [-0.25, -0.2) is 8.42 Å². The summed E-state index contributed by atoms with van der Waals surface area (Å²) in [7, 11) is -3.69. The van der Waals surface area contributed by atoms with Crippen molar-refractivity contribution in [3.63, 3.8) is 0 Å². The number of para-hydroxylation sites is 2. The number of hydrogen-bond acceptors (Lipinski definition) is 5. The quantitative estimate of drug-likeness (QED) is 0.185. The number of sulfonamides is 1. The van der Waals surface area contributed by atoms with E-state index in [1.54, 1.807) is 47.4 Å². The van der Waals surface area contributed by atoms with E-state index in [0.29, 0.717) is 40.1 Å². The fourth-order valence-corrected chi connectivity index (χ4v) is 7.36. The molecule has 8 nitrogen and oxygen atoms in total. The first-order valence-electron chi connectivity index (χ1n) is 15.8. The van der Waals surface area contributed by atoms with Crippen molar-refractivity contribution in [1.29, 1.82) is 0 Å². The summed E-state index contributed by atoms with van der Waals surface area (Å²) in [6.07, 6.45) is 6.69. The second-order valence-corrected chi connectivity index (χ2v) is 14.3. The maximum Gasteiger partial charge on any atom is 0.243 e. The molecule has 11 heteroatoms. The number of rotatable bonds is 15. The predicted octanol–water partition coefficient (Wildman–Crippen LogP) is 7.03. The molecule has 0 heterocycles. The van der Waals surface area contributed by atoms with E-state index in [0.717, 1.165) is 43.9 Å². The van der Waals surface area contributed by atoms with Gasteiger partial charge in [0, 0.05) is 47.6 Å². The molecule has 0 aliphatic heterocycles. The monoisotopic (exact) mass is 687 g/mol. The van der Waals surface area contributed by atoms with Crippen LogP contribution in [0.5, 0.6) is 5.75 Å². The zero-order chi connectivity index (χ0) is 33.1.